The largest absolute Gasteiger partial charge is 0.394 e. The summed E-state index contributed by atoms with van der Waals surface area (Å²) < 4.78 is 11.1. The number of hydrogen-bond donors (Lipinski definition) is 6. The molecule has 6 N–H and O–H groups in total. The highest BCUT2D eigenvalue weighted by atomic mass is 16.7. The van der Waals surface area contributed by atoms with E-state index < -0.39 is 49.5 Å². The van der Waals surface area contributed by atoms with Crippen molar-refractivity contribution in [1.29, 1.82) is 0 Å². The van der Waals surface area contributed by atoms with E-state index >= 15 is 0 Å². The van der Waals surface area contributed by atoms with Crippen LogP contribution in [0.1, 0.15) is 142 Å². The Hall–Kier alpha value is -2.37. The fourth-order valence-electron chi connectivity index (χ4n) is 5.92. The minimum Gasteiger partial charge on any atom is -0.394 e. The normalized spacial score (nSPS) is 22.4. The molecule has 7 atom stereocenters. The molecule has 9 heteroatoms. The molecule has 9 nitrogen and oxygen atoms in total. The van der Waals surface area contributed by atoms with Gasteiger partial charge in [-0.2, -0.15) is 0 Å². The van der Waals surface area contributed by atoms with E-state index in [1.807, 2.05) is 6.08 Å². The van der Waals surface area contributed by atoms with E-state index in [4.69, 9.17) is 9.47 Å². The summed E-state index contributed by atoms with van der Waals surface area (Å²) in [5.74, 6) is -0.203. The zero-order chi connectivity index (χ0) is 38.8. The molecule has 0 aliphatic carbocycles. The van der Waals surface area contributed by atoms with Crippen LogP contribution in [0.25, 0.3) is 0 Å². The lowest BCUT2D eigenvalue weighted by Crippen LogP contribution is -2.60. The molecule has 0 aromatic carbocycles. The fraction of sp³-hybridized carbons (Fsp3) is 0.705. The lowest BCUT2D eigenvalue weighted by atomic mass is 9.99. The monoisotopic (exact) mass is 746 g/mol. The van der Waals surface area contributed by atoms with Crippen LogP contribution in [0, 0.1) is 0 Å². The Morgan fingerprint density at radius 3 is 1.81 bits per heavy atom. The van der Waals surface area contributed by atoms with E-state index in [9.17, 15) is 30.3 Å². The summed E-state index contributed by atoms with van der Waals surface area (Å²) in [6.07, 6.45) is 38.1. The van der Waals surface area contributed by atoms with Gasteiger partial charge in [0.05, 0.1) is 25.4 Å². The first kappa shape index (κ1) is 48.6. The summed E-state index contributed by atoms with van der Waals surface area (Å²) in [5, 5.41) is 53.9. The summed E-state index contributed by atoms with van der Waals surface area (Å²) in [5.41, 5.74) is 0. The van der Waals surface area contributed by atoms with Gasteiger partial charge in [-0.3, -0.25) is 4.79 Å². The Labute approximate surface area is 321 Å². The lowest BCUT2D eigenvalue weighted by Gasteiger charge is -2.40. The Kier molecular flexibility index (Phi) is 31.3. The quantitative estimate of drug-likeness (QED) is 0.0302. The van der Waals surface area contributed by atoms with Crippen molar-refractivity contribution in [2.75, 3.05) is 13.2 Å². The molecule has 0 spiro atoms. The summed E-state index contributed by atoms with van der Waals surface area (Å²) in [6, 6.07) is -0.826. The van der Waals surface area contributed by atoms with E-state index in [1.54, 1.807) is 6.08 Å². The second kappa shape index (κ2) is 34.1. The van der Waals surface area contributed by atoms with Crippen LogP contribution in [-0.4, -0.2) is 87.5 Å². The van der Waals surface area contributed by atoms with Crippen LogP contribution in [-0.2, 0) is 14.3 Å². The Morgan fingerprint density at radius 1 is 0.660 bits per heavy atom. The summed E-state index contributed by atoms with van der Waals surface area (Å²) in [4.78, 5) is 12.9. The molecule has 7 unspecified atom stereocenters. The van der Waals surface area contributed by atoms with Crippen molar-refractivity contribution < 1.29 is 39.8 Å². The van der Waals surface area contributed by atoms with Crippen molar-refractivity contribution >= 4 is 5.91 Å². The predicted molar refractivity (Wildman–Crippen MR) is 216 cm³/mol. The number of nitrogens with one attached hydrogen (secondary N) is 1. The van der Waals surface area contributed by atoms with Gasteiger partial charge in [0.2, 0.25) is 5.91 Å². The highest BCUT2D eigenvalue weighted by Gasteiger charge is 2.44. The van der Waals surface area contributed by atoms with Gasteiger partial charge in [-0.1, -0.05) is 138 Å². The van der Waals surface area contributed by atoms with Gasteiger partial charge in [0.1, 0.15) is 24.4 Å². The summed E-state index contributed by atoms with van der Waals surface area (Å²) >= 11 is 0. The maximum Gasteiger partial charge on any atom is 0.220 e. The minimum atomic E-state index is -1.57. The van der Waals surface area contributed by atoms with E-state index in [1.165, 1.54) is 44.9 Å². The van der Waals surface area contributed by atoms with Crippen LogP contribution < -0.4 is 5.32 Å². The van der Waals surface area contributed by atoms with Crippen molar-refractivity contribution in [3.63, 3.8) is 0 Å². The van der Waals surface area contributed by atoms with Gasteiger partial charge < -0.3 is 40.3 Å². The highest BCUT2D eigenvalue weighted by molar-refractivity contribution is 5.76. The number of carbonyl (C=O) groups is 1. The van der Waals surface area contributed by atoms with Gasteiger partial charge in [0.15, 0.2) is 6.29 Å². The SMILES string of the molecule is CC/C=C\C/C=C\C/C=C\C/C=C\CCCCCCCCCCC(=O)NC(COC1OC(CO)C(O)C(O)C1O)C(O)/C=C/CC/C=C/CCCCC. The Balaban J connectivity index is 2.35. The Bertz CT molecular complexity index is 1050. The number of ether oxygens (including phenoxy) is 2. The van der Waals surface area contributed by atoms with E-state index in [-0.39, 0.29) is 12.5 Å². The lowest BCUT2D eigenvalue weighted by molar-refractivity contribution is -0.302. The van der Waals surface area contributed by atoms with E-state index in [0.717, 1.165) is 77.0 Å². The molecule has 0 saturated carbocycles. The van der Waals surface area contributed by atoms with Crippen molar-refractivity contribution in [2.24, 2.45) is 0 Å². The molecule has 1 aliphatic rings. The highest BCUT2D eigenvalue weighted by Crippen LogP contribution is 2.22. The molecule has 0 radical (unpaired) electrons. The fourth-order valence-corrected chi connectivity index (χ4v) is 5.92. The average Bonchev–Trinajstić information content (AvgIpc) is 3.16. The minimum absolute atomic E-state index is 0.203. The third-order valence-corrected chi connectivity index (χ3v) is 9.26. The van der Waals surface area contributed by atoms with Crippen molar-refractivity contribution in [2.45, 2.75) is 185 Å². The number of hydrogen-bond acceptors (Lipinski definition) is 8. The van der Waals surface area contributed by atoms with Gasteiger partial charge in [-0.15, -0.1) is 0 Å². The first-order valence-electron chi connectivity index (χ1n) is 20.7. The molecule has 1 saturated heterocycles. The number of aliphatic hydroxyl groups excluding tert-OH is 5. The number of carbonyl (C=O) groups excluding carboxylic acids is 1. The van der Waals surface area contributed by atoms with Gasteiger partial charge in [-0.05, 0) is 70.6 Å². The van der Waals surface area contributed by atoms with Gasteiger partial charge in [-0.25, -0.2) is 0 Å². The molecule has 0 aromatic rings. The van der Waals surface area contributed by atoms with Crippen LogP contribution in [0.15, 0.2) is 72.9 Å². The van der Waals surface area contributed by atoms with Crippen molar-refractivity contribution in [3.05, 3.63) is 72.9 Å². The number of allylic oxidation sites excluding steroid dienone is 11. The van der Waals surface area contributed by atoms with Gasteiger partial charge in [0, 0.05) is 6.42 Å². The van der Waals surface area contributed by atoms with E-state index in [0.29, 0.717) is 6.42 Å². The summed E-state index contributed by atoms with van der Waals surface area (Å²) in [7, 11) is 0. The van der Waals surface area contributed by atoms with Crippen LogP contribution in [0.4, 0.5) is 0 Å². The smallest absolute Gasteiger partial charge is 0.220 e. The molecule has 0 aromatic heterocycles. The zero-order valence-corrected chi connectivity index (χ0v) is 33.0. The van der Waals surface area contributed by atoms with Gasteiger partial charge >= 0.3 is 0 Å². The van der Waals surface area contributed by atoms with Crippen LogP contribution in [0.3, 0.4) is 0 Å². The maximum absolute atomic E-state index is 12.9. The standard InChI is InChI=1S/C44H75NO8/c1-3-5-7-9-11-13-14-15-16-17-18-19-20-21-22-23-24-26-28-30-32-34-40(48)45-37(38(47)33-31-29-27-25-12-10-8-6-4-2)36-52-44-43(51)42(50)41(49)39(35-46)53-44/h5,7,11-13,15-16,18-19,25,31,33,37-39,41-44,46-47,49-51H,3-4,6,8-10,14,17,20-24,26-30,32,34-36H2,1-2H3,(H,45,48)/b7-5-,13-11-,16-15-,19-18-,25-12+,33-31+. The molecule has 1 rings (SSSR count). The molecule has 1 amide bonds. The third-order valence-electron chi connectivity index (χ3n) is 9.26. The molecule has 1 heterocycles. The van der Waals surface area contributed by atoms with Crippen LogP contribution >= 0.6 is 0 Å². The zero-order valence-electron chi connectivity index (χ0n) is 33.0. The molecule has 53 heavy (non-hydrogen) atoms. The summed E-state index contributed by atoms with van der Waals surface area (Å²) in [6.45, 7) is 3.55. The predicted octanol–water partition coefficient (Wildman–Crippen LogP) is 7.83. The molecular formula is C44H75NO8. The Morgan fingerprint density at radius 2 is 1.19 bits per heavy atom. The average molecular weight is 746 g/mol. The second-order valence-electron chi connectivity index (χ2n) is 14.0. The second-order valence-corrected chi connectivity index (χ2v) is 14.0. The molecule has 0 bridgehead atoms. The maximum atomic E-state index is 12.9. The third kappa shape index (κ3) is 25.4. The molecule has 1 fully saturated rings. The number of amides is 1. The molecular weight excluding hydrogens is 670 g/mol. The first-order chi connectivity index (χ1) is 25.8. The number of rotatable bonds is 32. The van der Waals surface area contributed by atoms with Crippen molar-refractivity contribution in [1.82, 2.24) is 5.32 Å². The topological polar surface area (TPSA) is 149 Å². The van der Waals surface area contributed by atoms with E-state index in [2.05, 4.69) is 79.9 Å². The van der Waals surface area contributed by atoms with Crippen LogP contribution in [0.5, 0.6) is 0 Å². The first-order valence-corrected chi connectivity index (χ1v) is 20.7. The van der Waals surface area contributed by atoms with Crippen molar-refractivity contribution in [3.8, 4) is 0 Å². The molecule has 304 valence electrons. The van der Waals surface area contributed by atoms with Gasteiger partial charge in [0.25, 0.3) is 0 Å². The number of unbranched alkanes of at least 4 members (excludes halogenated alkanes) is 12. The number of aliphatic hydroxyl groups is 5. The molecule has 1 aliphatic heterocycles. The van der Waals surface area contributed by atoms with Crippen LogP contribution in [0.2, 0.25) is 0 Å².